The van der Waals surface area contributed by atoms with Crippen LogP contribution in [0.1, 0.15) is 24.5 Å². The van der Waals surface area contributed by atoms with Crippen LogP contribution in [0.25, 0.3) is 0 Å². The van der Waals surface area contributed by atoms with E-state index in [-0.39, 0.29) is 30.4 Å². The number of aryl methyl sites for hydroxylation is 1. The van der Waals surface area contributed by atoms with Crippen LogP contribution in [0.15, 0.2) is 42.5 Å². The van der Waals surface area contributed by atoms with E-state index in [0.29, 0.717) is 25.3 Å². The number of amides is 2. The molecular weight excluding hydrogens is 356 g/mol. The molecule has 2 atom stereocenters. The maximum Gasteiger partial charge on any atom is 0.231 e. The Morgan fingerprint density at radius 3 is 2.71 bits per heavy atom. The fourth-order valence-corrected chi connectivity index (χ4v) is 3.59. The molecule has 0 saturated heterocycles. The molecule has 4 rings (SSSR count). The molecular formula is C22H24N2O4. The molecule has 6 nitrogen and oxygen atoms in total. The van der Waals surface area contributed by atoms with Crippen molar-refractivity contribution in [3.05, 3.63) is 53.6 Å². The molecule has 2 unspecified atom stereocenters. The third kappa shape index (κ3) is 3.67. The third-order valence-corrected chi connectivity index (χ3v) is 5.24. The number of anilines is 1. The minimum Gasteiger partial charge on any atom is -0.454 e. The van der Waals surface area contributed by atoms with Gasteiger partial charge in [-0.2, -0.15) is 0 Å². The zero-order chi connectivity index (χ0) is 19.7. The van der Waals surface area contributed by atoms with Gasteiger partial charge in [0.25, 0.3) is 0 Å². The Hall–Kier alpha value is -3.02. The van der Waals surface area contributed by atoms with Gasteiger partial charge in [0.2, 0.25) is 18.6 Å². The quantitative estimate of drug-likeness (QED) is 0.836. The molecule has 0 aromatic heterocycles. The van der Waals surface area contributed by atoms with Crippen LogP contribution in [0.3, 0.4) is 0 Å². The first-order valence-electron chi connectivity index (χ1n) is 9.61. The van der Waals surface area contributed by atoms with Gasteiger partial charge in [0, 0.05) is 18.8 Å². The SMILES string of the molecule is CCN(C(=O)C1CC1C(=O)NCc1ccc2c(c1)OCO2)c1cccc(C)c1. The molecule has 0 bridgehead atoms. The highest BCUT2D eigenvalue weighted by Crippen LogP contribution is 2.41. The van der Waals surface area contributed by atoms with E-state index in [4.69, 9.17) is 9.47 Å². The van der Waals surface area contributed by atoms with Crippen LogP contribution in [0.5, 0.6) is 11.5 Å². The highest BCUT2D eigenvalue weighted by Gasteiger charge is 2.49. The number of nitrogens with zero attached hydrogens (tertiary/aromatic N) is 1. The number of carbonyl (C=O) groups is 2. The van der Waals surface area contributed by atoms with Crippen LogP contribution in [-0.2, 0) is 16.1 Å². The number of hydrogen-bond acceptors (Lipinski definition) is 4. The van der Waals surface area contributed by atoms with E-state index in [1.54, 1.807) is 4.90 Å². The van der Waals surface area contributed by atoms with Gasteiger partial charge < -0.3 is 19.7 Å². The molecule has 0 radical (unpaired) electrons. The van der Waals surface area contributed by atoms with E-state index >= 15 is 0 Å². The van der Waals surface area contributed by atoms with E-state index in [9.17, 15) is 9.59 Å². The minimum atomic E-state index is -0.250. The molecule has 28 heavy (non-hydrogen) atoms. The monoisotopic (exact) mass is 380 g/mol. The molecule has 2 aromatic rings. The summed E-state index contributed by atoms with van der Waals surface area (Å²) in [6, 6.07) is 13.5. The minimum absolute atomic E-state index is 0.0244. The average Bonchev–Trinajstić information content (AvgIpc) is 3.36. The molecule has 1 aliphatic carbocycles. The Bertz CT molecular complexity index is 911. The molecule has 0 spiro atoms. The molecule has 1 heterocycles. The van der Waals surface area contributed by atoms with Gasteiger partial charge in [-0.15, -0.1) is 0 Å². The Balaban J connectivity index is 1.34. The summed E-state index contributed by atoms with van der Waals surface area (Å²) in [7, 11) is 0. The van der Waals surface area contributed by atoms with E-state index in [2.05, 4.69) is 5.32 Å². The third-order valence-electron chi connectivity index (χ3n) is 5.24. The summed E-state index contributed by atoms with van der Waals surface area (Å²) in [6.07, 6.45) is 0.605. The van der Waals surface area contributed by atoms with Crippen LogP contribution < -0.4 is 19.7 Å². The van der Waals surface area contributed by atoms with Gasteiger partial charge >= 0.3 is 0 Å². The number of fused-ring (bicyclic) bond motifs is 1. The largest absolute Gasteiger partial charge is 0.454 e. The Labute approximate surface area is 164 Å². The van der Waals surface area contributed by atoms with Crippen molar-refractivity contribution in [2.24, 2.45) is 11.8 Å². The number of ether oxygens (including phenoxy) is 2. The molecule has 2 aliphatic rings. The van der Waals surface area contributed by atoms with Gasteiger partial charge in [-0.05, 0) is 55.7 Å². The van der Waals surface area contributed by atoms with Gasteiger partial charge in [-0.1, -0.05) is 18.2 Å². The Morgan fingerprint density at radius 1 is 1.11 bits per heavy atom. The second-order valence-corrected chi connectivity index (χ2v) is 7.28. The first-order valence-corrected chi connectivity index (χ1v) is 9.61. The van der Waals surface area contributed by atoms with Gasteiger partial charge in [-0.3, -0.25) is 9.59 Å². The highest BCUT2D eigenvalue weighted by atomic mass is 16.7. The lowest BCUT2D eigenvalue weighted by atomic mass is 10.1. The molecule has 146 valence electrons. The lowest BCUT2D eigenvalue weighted by Gasteiger charge is -2.21. The van der Waals surface area contributed by atoms with Crippen molar-refractivity contribution in [3.8, 4) is 11.5 Å². The smallest absolute Gasteiger partial charge is 0.231 e. The summed E-state index contributed by atoms with van der Waals surface area (Å²) in [6.45, 7) is 5.18. The van der Waals surface area contributed by atoms with Crippen molar-refractivity contribution in [2.75, 3.05) is 18.2 Å². The fourth-order valence-electron chi connectivity index (χ4n) is 3.59. The highest BCUT2D eigenvalue weighted by molar-refractivity contribution is 6.01. The molecule has 2 aromatic carbocycles. The zero-order valence-electron chi connectivity index (χ0n) is 16.1. The van der Waals surface area contributed by atoms with Crippen LogP contribution in [0, 0.1) is 18.8 Å². The number of rotatable bonds is 6. The Morgan fingerprint density at radius 2 is 1.93 bits per heavy atom. The normalized spacial score (nSPS) is 19.2. The van der Waals surface area contributed by atoms with E-state index in [1.165, 1.54) is 0 Å². The summed E-state index contributed by atoms with van der Waals surface area (Å²) in [5, 5.41) is 2.94. The van der Waals surface area contributed by atoms with Gasteiger partial charge in [0.05, 0.1) is 11.8 Å². The molecule has 1 aliphatic heterocycles. The number of benzene rings is 2. The molecule has 1 saturated carbocycles. The van der Waals surface area contributed by atoms with Crippen molar-refractivity contribution in [1.82, 2.24) is 5.32 Å². The lowest BCUT2D eigenvalue weighted by molar-refractivity contribution is -0.126. The van der Waals surface area contributed by atoms with Gasteiger partial charge in [0.1, 0.15) is 0 Å². The zero-order valence-corrected chi connectivity index (χ0v) is 16.1. The van der Waals surface area contributed by atoms with Crippen LogP contribution in [0.2, 0.25) is 0 Å². The van der Waals surface area contributed by atoms with Crippen LogP contribution in [-0.4, -0.2) is 25.2 Å². The Kier molecular flexibility index (Phi) is 4.94. The lowest BCUT2D eigenvalue weighted by Crippen LogP contribution is -2.34. The van der Waals surface area contributed by atoms with Crippen LogP contribution in [0.4, 0.5) is 5.69 Å². The predicted octanol–water partition coefficient (Wildman–Crippen LogP) is 3.03. The number of nitrogens with one attached hydrogen (secondary N) is 1. The predicted molar refractivity (Wildman–Crippen MR) is 105 cm³/mol. The first kappa shape index (κ1) is 18.3. The molecule has 2 amide bonds. The maximum atomic E-state index is 12.9. The summed E-state index contributed by atoms with van der Waals surface area (Å²) in [5.41, 5.74) is 2.94. The fraction of sp³-hybridized carbons (Fsp3) is 0.364. The maximum absolute atomic E-state index is 12.9. The number of carbonyl (C=O) groups excluding carboxylic acids is 2. The molecule has 1 fully saturated rings. The summed E-state index contributed by atoms with van der Waals surface area (Å²) < 4.78 is 10.7. The molecule has 1 N–H and O–H groups in total. The van der Waals surface area contributed by atoms with Crippen LogP contribution >= 0.6 is 0 Å². The topological polar surface area (TPSA) is 67.9 Å². The van der Waals surface area contributed by atoms with Crippen molar-refractivity contribution < 1.29 is 19.1 Å². The standard InChI is InChI=1S/C22H24N2O4/c1-3-24(16-6-4-5-14(2)9-16)22(26)18-11-17(18)21(25)23-12-15-7-8-19-20(10-15)28-13-27-19/h4-10,17-18H,3,11-13H2,1-2H3,(H,23,25). The van der Waals surface area contributed by atoms with Crippen molar-refractivity contribution >= 4 is 17.5 Å². The molecule has 6 heteroatoms. The van der Waals surface area contributed by atoms with Gasteiger partial charge in [-0.25, -0.2) is 0 Å². The summed E-state index contributed by atoms with van der Waals surface area (Å²) >= 11 is 0. The summed E-state index contributed by atoms with van der Waals surface area (Å²) in [4.78, 5) is 27.1. The first-order chi connectivity index (χ1) is 13.6. The summed E-state index contributed by atoms with van der Waals surface area (Å²) in [5.74, 6) is 0.881. The van der Waals surface area contributed by atoms with Crippen molar-refractivity contribution in [2.45, 2.75) is 26.8 Å². The average molecular weight is 380 g/mol. The van der Waals surface area contributed by atoms with E-state index < -0.39 is 0 Å². The van der Waals surface area contributed by atoms with Crippen molar-refractivity contribution in [3.63, 3.8) is 0 Å². The van der Waals surface area contributed by atoms with E-state index in [1.807, 2.05) is 56.3 Å². The van der Waals surface area contributed by atoms with Crippen molar-refractivity contribution in [1.29, 1.82) is 0 Å². The second kappa shape index (κ2) is 7.54. The second-order valence-electron chi connectivity index (χ2n) is 7.28. The number of hydrogen-bond donors (Lipinski definition) is 1. The van der Waals surface area contributed by atoms with Gasteiger partial charge in [0.15, 0.2) is 11.5 Å². The van der Waals surface area contributed by atoms with E-state index in [0.717, 1.165) is 22.6 Å².